The van der Waals surface area contributed by atoms with Crippen LogP contribution in [0.25, 0.3) is 0 Å². The molecule has 0 N–H and O–H groups in total. The molecule has 0 saturated carbocycles. The molecule has 16 heavy (non-hydrogen) atoms. The van der Waals surface area contributed by atoms with Gasteiger partial charge >= 0.3 is 0 Å². The first kappa shape index (κ1) is 13.7. The van der Waals surface area contributed by atoms with E-state index in [1.54, 1.807) is 0 Å². The molecule has 0 aliphatic heterocycles. The van der Waals surface area contributed by atoms with E-state index in [0.29, 0.717) is 0 Å². The van der Waals surface area contributed by atoms with Crippen molar-refractivity contribution in [1.82, 2.24) is 4.90 Å². The molecular weight excluding hydrogens is 266 g/mol. The van der Waals surface area contributed by atoms with Crippen molar-refractivity contribution < 1.29 is 4.74 Å². The Balaban J connectivity index is 2.38. The lowest BCUT2D eigenvalue weighted by atomic mass is 10.2. The van der Waals surface area contributed by atoms with Crippen LogP contribution in [0, 0.1) is 0 Å². The van der Waals surface area contributed by atoms with Gasteiger partial charge < -0.3 is 4.74 Å². The first-order chi connectivity index (χ1) is 7.86. The predicted molar refractivity (Wildman–Crippen MR) is 72.0 cm³/mol. The second-order valence-electron chi connectivity index (χ2n) is 3.65. The van der Waals surface area contributed by atoms with Gasteiger partial charge in [-0.05, 0) is 12.5 Å². The van der Waals surface area contributed by atoms with Gasteiger partial charge in [0.1, 0.15) is 0 Å². The lowest BCUT2D eigenvalue weighted by Gasteiger charge is -2.21. The van der Waals surface area contributed by atoms with Crippen LogP contribution in [0.4, 0.5) is 0 Å². The monoisotopic (exact) mass is 285 g/mol. The Bertz CT molecular complexity index is 266. The summed E-state index contributed by atoms with van der Waals surface area (Å²) >= 11 is 3.49. The number of hydrogen-bond donors (Lipinski definition) is 0. The number of ether oxygens (including phenoxy) is 1. The number of halogens is 1. The molecule has 0 aliphatic carbocycles. The number of hydrogen-bond acceptors (Lipinski definition) is 2. The lowest BCUT2D eigenvalue weighted by Crippen LogP contribution is -2.29. The van der Waals surface area contributed by atoms with E-state index in [4.69, 9.17) is 4.74 Å². The zero-order valence-electron chi connectivity index (χ0n) is 9.86. The van der Waals surface area contributed by atoms with Gasteiger partial charge in [0.25, 0.3) is 0 Å². The SMILES string of the molecule is CCOCCN(CCBr)Cc1ccccc1. The number of alkyl halides is 1. The average Bonchev–Trinajstić information content (AvgIpc) is 2.31. The predicted octanol–water partition coefficient (Wildman–Crippen LogP) is 2.92. The van der Waals surface area contributed by atoms with Crippen molar-refractivity contribution in [2.75, 3.05) is 31.6 Å². The molecule has 0 saturated heterocycles. The van der Waals surface area contributed by atoms with Crippen molar-refractivity contribution >= 4 is 15.9 Å². The summed E-state index contributed by atoms with van der Waals surface area (Å²) < 4.78 is 5.39. The highest BCUT2D eigenvalue weighted by molar-refractivity contribution is 9.09. The number of nitrogens with zero attached hydrogens (tertiary/aromatic N) is 1. The van der Waals surface area contributed by atoms with Gasteiger partial charge in [0.05, 0.1) is 6.61 Å². The molecule has 0 radical (unpaired) electrons. The van der Waals surface area contributed by atoms with E-state index in [0.717, 1.165) is 38.2 Å². The molecule has 0 heterocycles. The lowest BCUT2D eigenvalue weighted by molar-refractivity contribution is 0.113. The standard InChI is InChI=1S/C13H20BrNO/c1-2-16-11-10-15(9-8-14)12-13-6-4-3-5-7-13/h3-7H,2,8-12H2,1H3. The van der Waals surface area contributed by atoms with Crippen molar-refractivity contribution in [1.29, 1.82) is 0 Å². The minimum absolute atomic E-state index is 0.799. The van der Waals surface area contributed by atoms with Crippen LogP contribution in [-0.2, 0) is 11.3 Å². The molecule has 0 bridgehead atoms. The number of benzene rings is 1. The van der Waals surface area contributed by atoms with Crippen LogP contribution in [0.3, 0.4) is 0 Å². The molecular formula is C13H20BrNO. The van der Waals surface area contributed by atoms with Crippen LogP contribution >= 0.6 is 15.9 Å². The molecule has 0 atom stereocenters. The van der Waals surface area contributed by atoms with Crippen LogP contribution in [0.15, 0.2) is 30.3 Å². The summed E-state index contributed by atoms with van der Waals surface area (Å²) in [5.41, 5.74) is 1.36. The van der Waals surface area contributed by atoms with Gasteiger partial charge in [0.15, 0.2) is 0 Å². The average molecular weight is 286 g/mol. The number of rotatable bonds is 8. The Morgan fingerprint density at radius 2 is 1.94 bits per heavy atom. The Labute approximate surface area is 107 Å². The highest BCUT2D eigenvalue weighted by Gasteiger charge is 2.04. The normalized spacial score (nSPS) is 10.9. The Morgan fingerprint density at radius 1 is 1.19 bits per heavy atom. The van der Waals surface area contributed by atoms with Gasteiger partial charge in [-0.2, -0.15) is 0 Å². The summed E-state index contributed by atoms with van der Waals surface area (Å²) in [5.74, 6) is 0. The summed E-state index contributed by atoms with van der Waals surface area (Å²) in [6.45, 7) is 6.70. The van der Waals surface area contributed by atoms with Gasteiger partial charge in [-0.1, -0.05) is 46.3 Å². The van der Waals surface area contributed by atoms with Crippen molar-refractivity contribution in [2.24, 2.45) is 0 Å². The van der Waals surface area contributed by atoms with Gasteiger partial charge in [-0.15, -0.1) is 0 Å². The summed E-state index contributed by atoms with van der Waals surface area (Å²) in [6.07, 6.45) is 0. The maximum absolute atomic E-state index is 5.39. The van der Waals surface area contributed by atoms with E-state index in [1.165, 1.54) is 5.56 Å². The van der Waals surface area contributed by atoms with E-state index in [2.05, 4.69) is 51.2 Å². The van der Waals surface area contributed by atoms with Gasteiger partial charge in [0, 0.05) is 31.6 Å². The molecule has 0 unspecified atom stereocenters. The van der Waals surface area contributed by atoms with E-state index < -0.39 is 0 Å². The summed E-state index contributed by atoms with van der Waals surface area (Å²) in [6, 6.07) is 10.6. The molecule has 2 nitrogen and oxygen atoms in total. The Kier molecular flexibility index (Phi) is 7.47. The highest BCUT2D eigenvalue weighted by atomic mass is 79.9. The smallest absolute Gasteiger partial charge is 0.0593 e. The molecule has 0 aliphatic rings. The summed E-state index contributed by atoms with van der Waals surface area (Å²) in [4.78, 5) is 2.40. The highest BCUT2D eigenvalue weighted by Crippen LogP contribution is 2.04. The molecule has 1 aromatic rings. The fourth-order valence-electron chi connectivity index (χ4n) is 1.57. The third-order valence-electron chi connectivity index (χ3n) is 2.41. The third kappa shape index (κ3) is 5.64. The quantitative estimate of drug-likeness (QED) is 0.538. The van der Waals surface area contributed by atoms with E-state index in [1.807, 2.05) is 6.92 Å². The van der Waals surface area contributed by atoms with E-state index in [-0.39, 0.29) is 0 Å². The molecule has 0 aromatic heterocycles. The van der Waals surface area contributed by atoms with Gasteiger partial charge in [0.2, 0.25) is 0 Å². The Morgan fingerprint density at radius 3 is 2.56 bits per heavy atom. The second kappa shape index (κ2) is 8.74. The molecule has 1 aromatic carbocycles. The molecule has 1 rings (SSSR count). The zero-order chi connectivity index (χ0) is 11.6. The van der Waals surface area contributed by atoms with Gasteiger partial charge in [-0.25, -0.2) is 0 Å². The molecule has 0 amide bonds. The molecule has 0 fully saturated rings. The van der Waals surface area contributed by atoms with E-state index >= 15 is 0 Å². The zero-order valence-corrected chi connectivity index (χ0v) is 11.4. The minimum atomic E-state index is 0.799. The molecule has 3 heteroatoms. The maximum Gasteiger partial charge on any atom is 0.0593 e. The first-order valence-corrected chi connectivity index (χ1v) is 6.89. The maximum atomic E-state index is 5.39. The van der Waals surface area contributed by atoms with Gasteiger partial charge in [-0.3, -0.25) is 4.90 Å². The Hall–Kier alpha value is -0.380. The minimum Gasteiger partial charge on any atom is -0.380 e. The van der Waals surface area contributed by atoms with Crippen molar-refractivity contribution in [3.05, 3.63) is 35.9 Å². The topological polar surface area (TPSA) is 12.5 Å². The van der Waals surface area contributed by atoms with Crippen LogP contribution < -0.4 is 0 Å². The fraction of sp³-hybridized carbons (Fsp3) is 0.538. The third-order valence-corrected chi connectivity index (χ3v) is 2.76. The summed E-state index contributed by atoms with van der Waals surface area (Å²) in [7, 11) is 0. The molecule has 90 valence electrons. The van der Waals surface area contributed by atoms with Crippen molar-refractivity contribution in [3.8, 4) is 0 Å². The van der Waals surface area contributed by atoms with Crippen LogP contribution in [-0.4, -0.2) is 36.5 Å². The van der Waals surface area contributed by atoms with Crippen molar-refractivity contribution in [2.45, 2.75) is 13.5 Å². The van der Waals surface area contributed by atoms with Crippen LogP contribution in [0.2, 0.25) is 0 Å². The van der Waals surface area contributed by atoms with Crippen LogP contribution in [0.5, 0.6) is 0 Å². The first-order valence-electron chi connectivity index (χ1n) is 5.76. The largest absolute Gasteiger partial charge is 0.380 e. The van der Waals surface area contributed by atoms with Crippen molar-refractivity contribution in [3.63, 3.8) is 0 Å². The van der Waals surface area contributed by atoms with Crippen LogP contribution in [0.1, 0.15) is 12.5 Å². The fourth-order valence-corrected chi connectivity index (χ4v) is 2.07. The summed E-state index contributed by atoms with van der Waals surface area (Å²) in [5, 5.41) is 1.01. The molecule has 0 spiro atoms. The second-order valence-corrected chi connectivity index (χ2v) is 4.44. The van der Waals surface area contributed by atoms with E-state index in [9.17, 15) is 0 Å².